The minimum Gasteiger partial charge on any atom is -0.461 e. The third-order valence-electron chi connectivity index (χ3n) is 6.96. The number of benzene rings is 2. The molecule has 1 amide bonds. The van der Waals surface area contributed by atoms with Gasteiger partial charge in [0.2, 0.25) is 15.9 Å². The molecule has 4 atom stereocenters. The Morgan fingerprint density at radius 3 is 2.42 bits per heavy atom. The molecule has 0 bridgehead atoms. The molecule has 9 nitrogen and oxygen atoms in total. The molecule has 0 fully saturated rings. The SMILES string of the molecule is C=C1/C=C\C=C/C[C@H](NC(=C)[C@H](Cc2ccccc2)C[C@@H](CNS(=O)(=O)c2ccc(NC(C)=O)cc2)OC(C)=O)[C@H](O)C1. The second-order valence-corrected chi connectivity index (χ2v) is 12.4. The van der Waals surface area contributed by atoms with E-state index in [-0.39, 0.29) is 35.7 Å². The van der Waals surface area contributed by atoms with Crippen molar-refractivity contribution in [2.75, 3.05) is 11.9 Å². The second kappa shape index (κ2) is 16.0. The number of rotatable bonds is 13. The Bertz CT molecular complexity index is 1430. The first-order valence-corrected chi connectivity index (χ1v) is 15.6. The highest BCUT2D eigenvalue weighted by Gasteiger charge is 2.27. The number of carbonyl (C=O) groups excluding carboxylic acids is 2. The summed E-state index contributed by atoms with van der Waals surface area (Å²) >= 11 is 0. The zero-order valence-corrected chi connectivity index (χ0v) is 25.5. The van der Waals surface area contributed by atoms with Crippen LogP contribution in [-0.2, 0) is 30.8 Å². The Morgan fingerprint density at radius 2 is 1.77 bits per heavy atom. The molecular formula is C33H41N3O6S. The average Bonchev–Trinajstić information content (AvgIpc) is 3.01. The van der Waals surface area contributed by atoms with Crippen molar-refractivity contribution in [2.45, 2.75) is 62.7 Å². The van der Waals surface area contributed by atoms with E-state index in [0.29, 0.717) is 30.6 Å². The van der Waals surface area contributed by atoms with Gasteiger partial charge in [0.25, 0.3) is 0 Å². The molecule has 0 aromatic heterocycles. The first-order valence-electron chi connectivity index (χ1n) is 14.2. The minimum absolute atomic E-state index is 0.00779. The van der Waals surface area contributed by atoms with Crippen molar-refractivity contribution in [3.05, 3.63) is 109 Å². The van der Waals surface area contributed by atoms with Crippen molar-refractivity contribution in [1.82, 2.24) is 10.0 Å². The number of ether oxygens (including phenoxy) is 1. The van der Waals surface area contributed by atoms with Crippen LogP contribution in [0.1, 0.15) is 38.7 Å². The van der Waals surface area contributed by atoms with Crippen LogP contribution in [0.25, 0.3) is 0 Å². The summed E-state index contributed by atoms with van der Waals surface area (Å²) < 4.78 is 34.3. The average molecular weight is 608 g/mol. The summed E-state index contributed by atoms with van der Waals surface area (Å²) in [5.41, 5.74) is 2.96. The summed E-state index contributed by atoms with van der Waals surface area (Å²) in [6.07, 6.45) is 7.93. The summed E-state index contributed by atoms with van der Waals surface area (Å²) in [5.74, 6) is -1.07. The normalized spacial score (nSPS) is 19.9. The van der Waals surface area contributed by atoms with Crippen molar-refractivity contribution >= 4 is 27.6 Å². The number of nitrogens with one attached hydrogen (secondary N) is 3. The fraction of sp³-hybridized carbons (Fsp3) is 0.333. The Morgan fingerprint density at radius 1 is 1.07 bits per heavy atom. The van der Waals surface area contributed by atoms with E-state index >= 15 is 0 Å². The number of sulfonamides is 1. The lowest BCUT2D eigenvalue weighted by Crippen LogP contribution is -2.42. The summed E-state index contributed by atoms with van der Waals surface area (Å²) in [6.45, 7) is 10.8. The van der Waals surface area contributed by atoms with Crippen molar-refractivity contribution in [3.8, 4) is 0 Å². The van der Waals surface area contributed by atoms with Gasteiger partial charge in [-0.3, -0.25) is 9.59 Å². The number of amides is 1. The van der Waals surface area contributed by atoms with Crippen LogP contribution in [0.15, 0.2) is 108 Å². The quantitative estimate of drug-likeness (QED) is 0.248. The molecule has 10 heteroatoms. The smallest absolute Gasteiger partial charge is 0.302 e. The number of hydrogen-bond donors (Lipinski definition) is 4. The topological polar surface area (TPSA) is 134 Å². The van der Waals surface area contributed by atoms with Gasteiger partial charge in [-0.15, -0.1) is 0 Å². The molecular weight excluding hydrogens is 566 g/mol. The fourth-order valence-corrected chi connectivity index (χ4v) is 5.89. The molecule has 43 heavy (non-hydrogen) atoms. The number of allylic oxidation sites excluding steroid dienone is 4. The highest BCUT2D eigenvalue weighted by atomic mass is 32.2. The highest BCUT2D eigenvalue weighted by molar-refractivity contribution is 7.89. The maximum absolute atomic E-state index is 13.1. The van der Waals surface area contributed by atoms with E-state index in [2.05, 4.69) is 28.5 Å². The van der Waals surface area contributed by atoms with Gasteiger partial charge in [0.05, 0.1) is 17.0 Å². The van der Waals surface area contributed by atoms with Crippen LogP contribution in [-0.4, -0.2) is 50.2 Å². The first-order chi connectivity index (χ1) is 20.4. The van der Waals surface area contributed by atoms with Gasteiger partial charge in [-0.1, -0.05) is 73.4 Å². The molecule has 4 N–H and O–H groups in total. The summed E-state index contributed by atoms with van der Waals surface area (Å²) in [6, 6.07) is 15.2. The molecule has 0 heterocycles. The van der Waals surface area contributed by atoms with Gasteiger partial charge < -0.3 is 20.5 Å². The Kier molecular flexibility index (Phi) is 12.5. The first kappa shape index (κ1) is 33.5. The maximum Gasteiger partial charge on any atom is 0.302 e. The van der Waals surface area contributed by atoms with E-state index in [1.165, 1.54) is 38.1 Å². The Labute approximate surface area is 254 Å². The minimum atomic E-state index is -3.94. The molecule has 0 spiro atoms. The maximum atomic E-state index is 13.1. The lowest BCUT2D eigenvalue weighted by molar-refractivity contribution is -0.146. The van der Waals surface area contributed by atoms with Gasteiger partial charge in [-0.05, 0) is 55.5 Å². The van der Waals surface area contributed by atoms with E-state index in [0.717, 1.165) is 11.1 Å². The molecule has 3 rings (SSSR count). The predicted octanol–water partition coefficient (Wildman–Crippen LogP) is 4.40. The van der Waals surface area contributed by atoms with E-state index < -0.39 is 28.2 Å². The van der Waals surface area contributed by atoms with Crippen molar-refractivity contribution < 1.29 is 27.9 Å². The van der Waals surface area contributed by atoms with E-state index in [1.807, 2.05) is 54.6 Å². The van der Waals surface area contributed by atoms with Gasteiger partial charge in [-0.25, -0.2) is 13.1 Å². The van der Waals surface area contributed by atoms with Crippen LogP contribution < -0.4 is 15.4 Å². The third-order valence-corrected chi connectivity index (χ3v) is 8.40. The van der Waals surface area contributed by atoms with Crippen LogP contribution in [0, 0.1) is 5.92 Å². The number of anilines is 1. The summed E-state index contributed by atoms with van der Waals surface area (Å²) in [7, 11) is -3.94. The lowest BCUT2D eigenvalue weighted by atomic mass is 9.90. The van der Waals surface area contributed by atoms with Crippen LogP contribution in [0.2, 0.25) is 0 Å². The van der Waals surface area contributed by atoms with Gasteiger partial charge in [-0.2, -0.15) is 0 Å². The van der Waals surface area contributed by atoms with Crippen LogP contribution >= 0.6 is 0 Å². The molecule has 1 aliphatic rings. The van der Waals surface area contributed by atoms with Crippen LogP contribution in [0.3, 0.4) is 0 Å². The zero-order chi connectivity index (χ0) is 31.4. The summed E-state index contributed by atoms with van der Waals surface area (Å²) in [4.78, 5) is 23.3. The predicted molar refractivity (Wildman–Crippen MR) is 168 cm³/mol. The van der Waals surface area contributed by atoms with Crippen molar-refractivity contribution in [2.24, 2.45) is 5.92 Å². The largest absolute Gasteiger partial charge is 0.461 e. The molecule has 230 valence electrons. The highest BCUT2D eigenvalue weighted by Crippen LogP contribution is 2.24. The molecule has 0 unspecified atom stereocenters. The number of carbonyl (C=O) groups is 2. The van der Waals surface area contributed by atoms with E-state index in [4.69, 9.17) is 4.74 Å². The monoisotopic (exact) mass is 607 g/mol. The number of aliphatic hydroxyl groups excluding tert-OH is 1. The number of aliphatic hydroxyl groups is 1. The van der Waals surface area contributed by atoms with E-state index in [1.54, 1.807) is 0 Å². The molecule has 2 aromatic rings. The Balaban J connectivity index is 1.78. The number of esters is 1. The van der Waals surface area contributed by atoms with Gasteiger partial charge in [0.1, 0.15) is 6.10 Å². The molecule has 2 aromatic carbocycles. The second-order valence-electron chi connectivity index (χ2n) is 10.6. The Hall–Kier alpha value is -3.99. The zero-order valence-electron chi connectivity index (χ0n) is 24.7. The number of hydrogen-bond acceptors (Lipinski definition) is 7. The standard InChI is InChI=1S/C33H41N3O6S/c1-23-11-7-5-10-14-32(33(39)19-23)35-24(2)28(20-27-12-8-6-9-13-27)21-30(42-26(4)38)22-34-43(40,41)31-17-15-29(16-18-31)36-25(3)37/h5-13,15-18,28,30,32-35,39H,1-2,14,19-22H2,3-4H3,(H,36,37)/b10-5-,11-7-/t28-,30+,32+,33-/m1/s1. The third kappa shape index (κ3) is 11.3. The van der Waals surface area contributed by atoms with Crippen LogP contribution in [0.5, 0.6) is 0 Å². The molecule has 0 saturated carbocycles. The van der Waals surface area contributed by atoms with Gasteiger partial charge >= 0.3 is 5.97 Å². The van der Waals surface area contributed by atoms with Crippen LogP contribution in [0.4, 0.5) is 5.69 Å². The van der Waals surface area contributed by atoms with Crippen molar-refractivity contribution in [1.29, 1.82) is 0 Å². The van der Waals surface area contributed by atoms with Gasteiger partial charge in [0.15, 0.2) is 0 Å². The lowest BCUT2D eigenvalue weighted by Gasteiger charge is -2.31. The molecule has 0 radical (unpaired) electrons. The molecule has 0 aliphatic heterocycles. The van der Waals surface area contributed by atoms with Gasteiger partial charge in [0, 0.05) is 37.7 Å². The van der Waals surface area contributed by atoms with E-state index in [9.17, 15) is 23.1 Å². The fourth-order valence-electron chi connectivity index (χ4n) is 4.82. The van der Waals surface area contributed by atoms with Crippen molar-refractivity contribution in [3.63, 3.8) is 0 Å². The summed E-state index contributed by atoms with van der Waals surface area (Å²) in [5, 5.41) is 16.9. The molecule has 1 aliphatic carbocycles. The molecule has 0 saturated heterocycles.